The van der Waals surface area contributed by atoms with E-state index in [2.05, 4.69) is 15.2 Å². The summed E-state index contributed by atoms with van der Waals surface area (Å²) in [4.78, 5) is 15.6. The Morgan fingerprint density at radius 1 is 1.45 bits per heavy atom. The number of nitrogens with one attached hydrogen (secondary N) is 1. The third-order valence-electron chi connectivity index (χ3n) is 3.33. The first kappa shape index (κ1) is 13.0. The van der Waals surface area contributed by atoms with Gasteiger partial charge < -0.3 is 25.8 Å². The van der Waals surface area contributed by atoms with Crippen LogP contribution in [0.3, 0.4) is 0 Å². The van der Waals surface area contributed by atoms with Crippen LogP contribution in [-0.4, -0.2) is 60.0 Å². The molecule has 0 radical (unpaired) electrons. The van der Waals surface area contributed by atoms with Crippen LogP contribution in [0.15, 0.2) is 11.0 Å². The lowest BCUT2D eigenvalue weighted by Crippen LogP contribution is -2.36. The fourth-order valence-corrected chi connectivity index (χ4v) is 2.31. The molecule has 0 spiro atoms. The second kappa shape index (κ2) is 4.52. The SMILES string of the molecule is Nc1nc(=O)n([C@@H]2O[C@H](CO)[C@@H](O)[C@@H]2O)c2cn[nH]c12. The van der Waals surface area contributed by atoms with Gasteiger partial charge in [0.25, 0.3) is 0 Å². The summed E-state index contributed by atoms with van der Waals surface area (Å²) in [6.45, 7) is -0.486. The molecular formula is C10H13N5O5. The molecule has 10 nitrogen and oxygen atoms in total. The fraction of sp³-hybridized carbons (Fsp3) is 0.500. The first-order valence-electron chi connectivity index (χ1n) is 5.88. The van der Waals surface area contributed by atoms with Crippen molar-refractivity contribution in [2.24, 2.45) is 0 Å². The molecule has 10 heteroatoms. The van der Waals surface area contributed by atoms with E-state index in [0.29, 0.717) is 5.52 Å². The number of hydrogen-bond donors (Lipinski definition) is 5. The molecule has 3 heterocycles. The summed E-state index contributed by atoms with van der Waals surface area (Å²) >= 11 is 0. The van der Waals surface area contributed by atoms with Gasteiger partial charge in [-0.1, -0.05) is 0 Å². The summed E-state index contributed by atoms with van der Waals surface area (Å²) in [5.41, 5.74) is 5.46. The van der Waals surface area contributed by atoms with E-state index in [1.54, 1.807) is 0 Å². The van der Waals surface area contributed by atoms with Gasteiger partial charge in [-0.2, -0.15) is 10.1 Å². The van der Waals surface area contributed by atoms with Crippen molar-refractivity contribution in [3.05, 3.63) is 16.7 Å². The van der Waals surface area contributed by atoms with Gasteiger partial charge in [0.15, 0.2) is 12.0 Å². The Balaban J connectivity index is 2.16. The van der Waals surface area contributed by atoms with Crippen LogP contribution in [0.4, 0.5) is 5.82 Å². The summed E-state index contributed by atoms with van der Waals surface area (Å²) in [5, 5.41) is 35.1. The highest BCUT2D eigenvalue weighted by molar-refractivity contribution is 5.83. The summed E-state index contributed by atoms with van der Waals surface area (Å²) in [6, 6.07) is 0. The second-order valence-electron chi connectivity index (χ2n) is 4.51. The Hall–Kier alpha value is -2.01. The molecule has 2 aromatic heterocycles. The molecule has 0 saturated carbocycles. The Labute approximate surface area is 111 Å². The van der Waals surface area contributed by atoms with Gasteiger partial charge in [-0.05, 0) is 0 Å². The number of nitrogens with two attached hydrogens (primary N) is 1. The number of anilines is 1. The third kappa shape index (κ3) is 1.70. The minimum Gasteiger partial charge on any atom is -0.394 e. The van der Waals surface area contributed by atoms with Crippen LogP contribution in [0.5, 0.6) is 0 Å². The molecule has 1 fully saturated rings. The zero-order valence-corrected chi connectivity index (χ0v) is 10.2. The maximum atomic E-state index is 12.0. The molecule has 20 heavy (non-hydrogen) atoms. The van der Waals surface area contributed by atoms with E-state index in [9.17, 15) is 15.0 Å². The molecule has 6 N–H and O–H groups in total. The molecule has 0 aliphatic carbocycles. The van der Waals surface area contributed by atoms with Gasteiger partial charge >= 0.3 is 5.69 Å². The smallest absolute Gasteiger partial charge is 0.352 e. The number of hydrogen-bond acceptors (Lipinski definition) is 8. The standard InChI is InChI=1S/C10H13N5O5/c11-8-5-3(1-12-14-5)15(10(19)13-8)9-7(18)6(17)4(2-16)20-9/h1,4,6-7,9,16-18H,2H2,(H,12,14)(H2,11,13,19)/t4-,6-,7+,9-/m1/s1. The summed E-state index contributed by atoms with van der Waals surface area (Å²) in [5.74, 6) is -0.0227. The van der Waals surface area contributed by atoms with Gasteiger partial charge in [0.2, 0.25) is 0 Å². The highest BCUT2D eigenvalue weighted by Crippen LogP contribution is 2.30. The van der Waals surface area contributed by atoms with Crippen molar-refractivity contribution in [3.8, 4) is 0 Å². The van der Waals surface area contributed by atoms with Gasteiger partial charge in [-0.15, -0.1) is 0 Å². The van der Waals surface area contributed by atoms with Crippen molar-refractivity contribution in [1.29, 1.82) is 0 Å². The lowest BCUT2D eigenvalue weighted by molar-refractivity contribution is -0.0527. The molecule has 4 atom stereocenters. The van der Waals surface area contributed by atoms with E-state index in [4.69, 9.17) is 15.6 Å². The van der Waals surface area contributed by atoms with Crippen LogP contribution in [0, 0.1) is 0 Å². The molecule has 1 aliphatic rings. The number of ether oxygens (including phenoxy) is 1. The van der Waals surface area contributed by atoms with E-state index in [0.717, 1.165) is 4.57 Å². The van der Waals surface area contributed by atoms with Crippen LogP contribution in [0.25, 0.3) is 11.0 Å². The van der Waals surface area contributed by atoms with Crippen LogP contribution >= 0.6 is 0 Å². The van der Waals surface area contributed by atoms with Crippen molar-refractivity contribution in [2.75, 3.05) is 12.3 Å². The predicted octanol–water partition coefficient (Wildman–Crippen LogP) is -2.69. The minimum absolute atomic E-state index is 0.0227. The number of aromatic amines is 1. The number of aliphatic hydroxyl groups is 3. The Bertz CT molecular complexity index is 697. The van der Waals surface area contributed by atoms with E-state index < -0.39 is 36.8 Å². The number of nitrogens with zero attached hydrogens (tertiary/aromatic N) is 3. The summed E-state index contributed by atoms with van der Waals surface area (Å²) < 4.78 is 6.35. The van der Waals surface area contributed by atoms with Gasteiger partial charge in [-0.25, -0.2) is 4.79 Å². The fourth-order valence-electron chi connectivity index (χ4n) is 2.31. The van der Waals surface area contributed by atoms with E-state index in [1.807, 2.05) is 0 Å². The molecule has 108 valence electrons. The molecule has 3 rings (SSSR count). The zero-order chi connectivity index (χ0) is 14.4. The molecule has 0 aromatic carbocycles. The summed E-state index contributed by atoms with van der Waals surface area (Å²) in [7, 11) is 0. The van der Waals surface area contributed by atoms with Crippen molar-refractivity contribution in [3.63, 3.8) is 0 Å². The maximum Gasteiger partial charge on any atom is 0.352 e. The van der Waals surface area contributed by atoms with Gasteiger partial charge in [0, 0.05) is 0 Å². The molecule has 2 aromatic rings. The molecule has 1 saturated heterocycles. The number of aromatic nitrogens is 4. The molecule has 0 bridgehead atoms. The number of aliphatic hydroxyl groups excluding tert-OH is 3. The summed E-state index contributed by atoms with van der Waals surface area (Å²) in [6.07, 6.45) is -3.52. The highest BCUT2D eigenvalue weighted by Gasteiger charge is 2.44. The molecule has 1 aliphatic heterocycles. The first-order chi connectivity index (χ1) is 9.54. The van der Waals surface area contributed by atoms with E-state index >= 15 is 0 Å². The van der Waals surface area contributed by atoms with Crippen LogP contribution in [0.2, 0.25) is 0 Å². The van der Waals surface area contributed by atoms with E-state index in [-0.39, 0.29) is 11.3 Å². The Morgan fingerprint density at radius 2 is 2.20 bits per heavy atom. The van der Waals surface area contributed by atoms with E-state index in [1.165, 1.54) is 6.20 Å². The topological polar surface area (TPSA) is 160 Å². The van der Waals surface area contributed by atoms with Crippen molar-refractivity contribution < 1.29 is 20.1 Å². The lowest BCUT2D eigenvalue weighted by Gasteiger charge is -2.18. The predicted molar refractivity (Wildman–Crippen MR) is 65.6 cm³/mol. The quantitative estimate of drug-likeness (QED) is 0.398. The number of nitrogen functional groups attached to an aromatic ring is 1. The average molecular weight is 283 g/mol. The maximum absolute atomic E-state index is 12.0. The zero-order valence-electron chi connectivity index (χ0n) is 10.2. The van der Waals surface area contributed by atoms with Gasteiger partial charge in [0.05, 0.1) is 18.3 Å². The Kier molecular flexibility index (Phi) is 2.94. The van der Waals surface area contributed by atoms with Crippen molar-refractivity contribution in [2.45, 2.75) is 24.5 Å². The first-order valence-corrected chi connectivity index (χ1v) is 5.88. The van der Waals surface area contributed by atoms with Crippen LogP contribution in [-0.2, 0) is 4.74 Å². The number of fused-ring (bicyclic) bond motifs is 1. The highest BCUT2D eigenvalue weighted by atomic mass is 16.6. The monoisotopic (exact) mass is 283 g/mol. The van der Waals surface area contributed by atoms with Crippen LogP contribution < -0.4 is 11.4 Å². The molecule has 0 amide bonds. The molecule has 0 unspecified atom stereocenters. The average Bonchev–Trinajstić information content (AvgIpc) is 2.99. The van der Waals surface area contributed by atoms with Crippen LogP contribution in [0.1, 0.15) is 6.23 Å². The Morgan fingerprint density at radius 3 is 2.85 bits per heavy atom. The largest absolute Gasteiger partial charge is 0.394 e. The second-order valence-corrected chi connectivity index (χ2v) is 4.51. The lowest BCUT2D eigenvalue weighted by atomic mass is 10.1. The third-order valence-corrected chi connectivity index (χ3v) is 3.33. The van der Waals surface area contributed by atoms with Gasteiger partial charge in [-0.3, -0.25) is 9.67 Å². The van der Waals surface area contributed by atoms with Gasteiger partial charge in [0.1, 0.15) is 23.8 Å². The normalized spacial score (nSPS) is 30.1. The number of rotatable bonds is 2. The van der Waals surface area contributed by atoms with Crippen molar-refractivity contribution >= 4 is 16.9 Å². The van der Waals surface area contributed by atoms with Crippen molar-refractivity contribution in [1.82, 2.24) is 19.7 Å². The molecular weight excluding hydrogens is 270 g/mol. The minimum atomic E-state index is -1.38. The number of H-pyrrole nitrogens is 1.